The molecule has 1 amide bonds. The van der Waals surface area contributed by atoms with E-state index < -0.39 is 21.6 Å². The first-order valence-corrected chi connectivity index (χ1v) is 11.2. The fourth-order valence-electron chi connectivity index (χ4n) is 2.86. The Morgan fingerprint density at radius 2 is 1.87 bits per heavy atom. The predicted molar refractivity (Wildman–Crippen MR) is 113 cm³/mol. The van der Waals surface area contributed by atoms with Crippen molar-refractivity contribution in [2.24, 2.45) is 0 Å². The molecular formula is C21H21FN4O3S. The van der Waals surface area contributed by atoms with Crippen LogP contribution in [0.4, 0.5) is 10.2 Å². The number of nitrogen functional groups attached to an aromatic ring is 1. The van der Waals surface area contributed by atoms with Crippen LogP contribution in [-0.2, 0) is 22.8 Å². The Hall–Kier alpha value is -3.33. The molecule has 0 radical (unpaired) electrons. The van der Waals surface area contributed by atoms with E-state index in [-0.39, 0.29) is 41.4 Å². The molecule has 7 nitrogen and oxygen atoms in total. The lowest BCUT2D eigenvalue weighted by molar-refractivity contribution is 0.0947. The summed E-state index contributed by atoms with van der Waals surface area (Å²) in [7, 11) is -3.20. The first-order valence-electron chi connectivity index (χ1n) is 9.15. The number of aryl methyl sites for hydroxylation is 1. The van der Waals surface area contributed by atoms with Crippen LogP contribution in [0, 0.1) is 5.82 Å². The van der Waals surface area contributed by atoms with Gasteiger partial charge in [0.1, 0.15) is 27.2 Å². The van der Waals surface area contributed by atoms with Crippen LogP contribution in [0.3, 0.4) is 0 Å². The van der Waals surface area contributed by atoms with Crippen LogP contribution in [0.5, 0.6) is 0 Å². The molecule has 0 fully saturated rings. The van der Waals surface area contributed by atoms with E-state index in [4.69, 9.17) is 5.73 Å². The minimum absolute atomic E-state index is 0.0146. The van der Waals surface area contributed by atoms with Gasteiger partial charge in [0.15, 0.2) is 0 Å². The summed E-state index contributed by atoms with van der Waals surface area (Å²) in [6, 6.07) is 13.4. The number of rotatable bonds is 7. The molecule has 0 spiro atoms. The maximum Gasteiger partial charge on any atom is 0.255 e. The minimum Gasteiger partial charge on any atom is -0.382 e. The van der Waals surface area contributed by atoms with Gasteiger partial charge in [0, 0.05) is 24.8 Å². The summed E-state index contributed by atoms with van der Waals surface area (Å²) in [5.41, 5.74) is 7.30. The van der Waals surface area contributed by atoms with Crippen LogP contribution in [0.15, 0.2) is 54.7 Å². The highest BCUT2D eigenvalue weighted by Crippen LogP contribution is 2.28. The number of nitrogens with zero attached hydrogens (tertiary/aromatic N) is 2. The lowest BCUT2D eigenvalue weighted by Crippen LogP contribution is -2.25. The fourth-order valence-corrected chi connectivity index (χ4v) is 3.44. The molecule has 30 heavy (non-hydrogen) atoms. The number of sulfone groups is 1. The highest BCUT2D eigenvalue weighted by molar-refractivity contribution is 7.90. The number of carbonyl (C=O) groups is 1. The van der Waals surface area contributed by atoms with Gasteiger partial charge < -0.3 is 11.1 Å². The van der Waals surface area contributed by atoms with Gasteiger partial charge in [-0.05, 0) is 11.6 Å². The van der Waals surface area contributed by atoms with Gasteiger partial charge >= 0.3 is 0 Å². The number of hydrogen-bond acceptors (Lipinski definition) is 6. The Bertz CT molecular complexity index is 1170. The van der Waals surface area contributed by atoms with E-state index >= 15 is 0 Å². The van der Waals surface area contributed by atoms with Crippen molar-refractivity contribution < 1.29 is 17.6 Å². The third kappa shape index (κ3) is 5.38. The highest BCUT2D eigenvalue weighted by atomic mass is 32.2. The van der Waals surface area contributed by atoms with Crippen molar-refractivity contribution in [3.8, 4) is 11.3 Å². The van der Waals surface area contributed by atoms with E-state index in [1.54, 1.807) is 0 Å². The van der Waals surface area contributed by atoms with Gasteiger partial charge in [0.2, 0.25) is 0 Å². The van der Waals surface area contributed by atoms with Gasteiger partial charge in [-0.2, -0.15) is 0 Å². The molecule has 3 N–H and O–H groups in total. The Balaban J connectivity index is 1.93. The quantitative estimate of drug-likeness (QED) is 0.597. The summed E-state index contributed by atoms with van der Waals surface area (Å²) in [6.45, 7) is 0.225. The van der Waals surface area contributed by atoms with Crippen LogP contribution in [-0.4, -0.2) is 36.3 Å². The Kier molecular flexibility index (Phi) is 6.41. The number of nitrogens with two attached hydrogens (primary N) is 1. The summed E-state index contributed by atoms with van der Waals surface area (Å²) in [4.78, 5) is 21.2. The van der Waals surface area contributed by atoms with E-state index in [9.17, 15) is 17.6 Å². The minimum atomic E-state index is -3.20. The summed E-state index contributed by atoms with van der Waals surface area (Å²) in [6.07, 6.45) is 2.63. The first kappa shape index (κ1) is 21.4. The van der Waals surface area contributed by atoms with E-state index in [1.165, 1.54) is 24.4 Å². The molecule has 1 aromatic heterocycles. The second kappa shape index (κ2) is 9.00. The normalized spacial score (nSPS) is 11.3. The largest absolute Gasteiger partial charge is 0.382 e. The third-order valence-corrected chi connectivity index (χ3v) is 5.32. The Morgan fingerprint density at radius 3 is 2.57 bits per heavy atom. The van der Waals surface area contributed by atoms with Crippen molar-refractivity contribution in [1.82, 2.24) is 15.3 Å². The van der Waals surface area contributed by atoms with Crippen molar-refractivity contribution in [3.05, 3.63) is 77.4 Å². The summed E-state index contributed by atoms with van der Waals surface area (Å²) >= 11 is 0. The number of nitrogens with one attached hydrogen (secondary N) is 1. The van der Waals surface area contributed by atoms with Gasteiger partial charge in [-0.25, -0.2) is 22.8 Å². The van der Waals surface area contributed by atoms with Gasteiger partial charge in [-0.1, -0.05) is 42.5 Å². The lowest BCUT2D eigenvalue weighted by Gasteiger charge is -2.13. The number of amides is 1. The molecule has 156 valence electrons. The molecule has 9 heteroatoms. The topological polar surface area (TPSA) is 115 Å². The average Bonchev–Trinajstić information content (AvgIpc) is 2.71. The molecule has 0 aliphatic heterocycles. The van der Waals surface area contributed by atoms with Gasteiger partial charge in [-0.15, -0.1) is 0 Å². The molecule has 2 aromatic carbocycles. The zero-order valence-electron chi connectivity index (χ0n) is 16.3. The molecule has 0 aliphatic carbocycles. The Labute approximate surface area is 174 Å². The van der Waals surface area contributed by atoms with Gasteiger partial charge in [0.05, 0.1) is 23.2 Å². The molecule has 0 aliphatic rings. The van der Waals surface area contributed by atoms with E-state index in [2.05, 4.69) is 15.3 Å². The SMILES string of the molecule is CS(=O)(=O)CCc1cnc(N)c(-c2cccc(F)c2C(=O)NCc2ccccc2)n1. The molecule has 0 atom stereocenters. The number of aromatic nitrogens is 2. The van der Waals surface area contributed by atoms with Crippen LogP contribution in [0.2, 0.25) is 0 Å². The maximum atomic E-state index is 14.6. The average molecular weight is 428 g/mol. The van der Waals surface area contributed by atoms with Crippen LogP contribution in [0.25, 0.3) is 11.3 Å². The molecular weight excluding hydrogens is 407 g/mol. The number of anilines is 1. The molecule has 3 rings (SSSR count). The predicted octanol–water partition coefficient (Wildman–Crippen LogP) is 2.38. The third-order valence-electron chi connectivity index (χ3n) is 4.37. The van der Waals surface area contributed by atoms with E-state index in [0.717, 1.165) is 11.8 Å². The zero-order valence-corrected chi connectivity index (χ0v) is 17.1. The Morgan fingerprint density at radius 1 is 1.13 bits per heavy atom. The molecule has 0 unspecified atom stereocenters. The van der Waals surface area contributed by atoms with Gasteiger partial charge in [0.25, 0.3) is 5.91 Å². The first-order chi connectivity index (χ1) is 14.2. The second-order valence-electron chi connectivity index (χ2n) is 6.81. The smallest absolute Gasteiger partial charge is 0.255 e. The number of benzene rings is 2. The van der Waals surface area contributed by atoms with Crippen LogP contribution >= 0.6 is 0 Å². The lowest BCUT2D eigenvalue weighted by atomic mass is 10.0. The zero-order chi connectivity index (χ0) is 21.7. The van der Waals surface area contributed by atoms with Crippen molar-refractivity contribution in [1.29, 1.82) is 0 Å². The standard InChI is InChI=1S/C21H21FN4O3S/c1-30(28,29)11-10-15-13-24-20(23)19(26-15)16-8-5-9-17(22)18(16)21(27)25-12-14-6-3-2-4-7-14/h2-9,13H,10-12H2,1H3,(H2,23,24)(H,25,27). The molecule has 3 aromatic rings. The number of hydrogen-bond donors (Lipinski definition) is 2. The van der Waals surface area contributed by atoms with Crippen molar-refractivity contribution in [3.63, 3.8) is 0 Å². The maximum absolute atomic E-state index is 14.6. The summed E-state index contributed by atoms with van der Waals surface area (Å²) < 4.78 is 37.5. The summed E-state index contributed by atoms with van der Waals surface area (Å²) in [5.74, 6) is -1.44. The van der Waals surface area contributed by atoms with Crippen molar-refractivity contribution in [2.45, 2.75) is 13.0 Å². The molecule has 0 saturated carbocycles. The summed E-state index contributed by atoms with van der Waals surface area (Å²) in [5, 5.41) is 2.70. The number of carbonyl (C=O) groups excluding carboxylic acids is 1. The fraction of sp³-hybridized carbons (Fsp3) is 0.190. The second-order valence-corrected chi connectivity index (χ2v) is 9.07. The highest BCUT2D eigenvalue weighted by Gasteiger charge is 2.21. The monoisotopic (exact) mass is 428 g/mol. The van der Waals surface area contributed by atoms with Crippen LogP contribution in [0.1, 0.15) is 21.6 Å². The molecule has 0 bridgehead atoms. The van der Waals surface area contributed by atoms with E-state index in [1.807, 2.05) is 30.3 Å². The number of halogens is 1. The van der Waals surface area contributed by atoms with Crippen LogP contribution < -0.4 is 11.1 Å². The molecule has 1 heterocycles. The molecule has 0 saturated heterocycles. The van der Waals surface area contributed by atoms with E-state index in [0.29, 0.717) is 5.69 Å². The van der Waals surface area contributed by atoms with Crippen molar-refractivity contribution >= 4 is 21.6 Å². The van der Waals surface area contributed by atoms with Crippen molar-refractivity contribution in [2.75, 3.05) is 17.7 Å². The van der Waals surface area contributed by atoms with Gasteiger partial charge in [-0.3, -0.25) is 4.79 Å².